The van der Waals surface area contributed by atoms with Gasteiger partial charge in [-0.1, -0.05) is 17.7 Å². The summed E-state index contributed by atoms with van der Waals surface area (Å²) < 4.78 is 39.1. The SMILES string of the molecule is Cc1ccc(S(=O)(=O)n2ccc3c(C4=CN(C(=O)OC(C)(C)C)CCOC4)cnc(C#N)c32)cc1. The molecule has 0 radical (unpaired) electrons. The number of nitrogens with zero attached hydrogens (tertiary/aromatic N) is 4. The molecule has 4 rings (SSSR count). The van der Waals surface area contributed by atoms with Gasteiger partial charge >= 0.3 is 6.09 Å². The van der Waals surface area contributed by atoms with E-state index in [1.165, 1.54) is 29.4 Å². The minimum atomic E-state index is -3.98. The molecular formula is C25H26N4O5S. The van der Waals surface area contributed by atoms with Crippen molar-refractivity contribution in [2.45, 2.75) is 38.2 Å². The van der Waals surface area contributed by atoms with E-state index in [9.17, 15) is 18.5 Å². The van der Waals surface area contributed by atoms with Crippen LogP contribution in [0.1, 0.15) is 37.6 Å². The molecule has 182 valence electrons. The number of benzene rings is 1. The van der Waals surface area contributed by atoms with E-state index in [0.29, 0.717) is 29.7 Å². The van der Waals surface area contributed by atoms with E-state index in [1.54, 1.807) is 45.2 Å². The Morgan fingerprint density at radius 2 is 1.91 bits per heavy atom. The second-order valence-electron chi connectivity index (χ2n) is 9.20. The highest BCUT2D eigenvalue weighted by molar-refractivity contribution is 7.90. The van der Waals surface area contributed by atoms with Crippen molar-refractivity contribution in [1.29, 1.82) is 5.26 Å². The second-order valence-corrected chi connectivity index (χ2v) is 11.0. The Hall–Kier alpha value is -3.68. The highest BCUT2D eigenvalue weighted by Crippen LogP contribution is 2.31. The van der Waals surface area contributed by atoms with Crippen molar-refractivity contribution in [2.75, 3.05) is 19.8 Å². The van der Waals surface area contributed by atoms with E-state index in [0.717, 1.165) is 9.54 Å². The zero-order valence-corrected chi connectivity index (χ0v) is 20.8. The molecule has 0 atom stereocenters. The average molecular weight is 495 g/mol. The van der Waals surface area contributed by atoms with Crippen LogP contribution in [0.3, 0.4) is 0 Å². The number of hydrogen-bond acceptors (Lipinski definition) is 7. The number of aromatic nitrogens is 2. The van der Waals surface area contributed by atoms with Gasteiger partial charge in [0.2, 0.25) is 0 Å². The van der Waals surface area contributed by atoms with Crippen molar-refractivity contribution in [3.05, 3.63) is 65.7 Å². The number of fused-ring (bicyclic) bond motifs is 1. The van der Waals surface area contributed by atoms with Gasteiger partial charge in [0, 0.05) is 35.1 Å². The molecule has 0 saturated heterocycles. The van der Waals surface area contributed by atoms with Crippen LogP contribution in [0.25, 0.3) is 16.5 Å². The first-order valence-corrected chi connectivity index (χ1v) is 12.5. The molecule has 0 aliphatic carbocycles. The number of hydrogen-bond donors (Lipinski definition) is 0. The van der Waals surface area contributed by atoms with E-state index in [4.69, 9.17) is 9.47 Å². The number of pyridine rings is 1. The minimum absolute atomic E-state index is 0.0245. The maximum absolute atomic E-state index is 13.4. The predicted molar refractivity (Wildman–Crippen MR) is 130 cm³/mol. The Balaban J connectivity index is 1.84. The molecule has 0 N–H and O–H groups in total. The summed E-state index contributed by atoms with van der Waals surface area (Å²) in [5, 5.41) is 10.2. The molecule has 3 heterocycles. The number of rotatable bonds is 3. The van der Waals surface area contributed by atoms with Gasteiger partial charge in [-0.15, -0.1) is 0 Å². The molecule has 35 heavy (non-hydrogen) atoms. The Bertz CT molecular complexity index is 1460. The van der Waals surface area contributed by atoms with Crippen molar-refractivity contribution >= 4 is 32.6 Å². The summed E-state index contributed by atoms with van der Waals surface area (Å²) in [5.41, 5.74) is 1.58. The van der Waals surface area contributed by atoms with Gasteiger partial charge in [-0.05, 0) is 45.9 Å². The minimum Gasteiger partial charge on any atom is -0.443 e. The third-order valence-corrected chi connectivity index (χ3v) is 7.08. The molecule has 1 amide bonds. The number of carbonyl (C=O) groups is 1. The number of nitriles is 1. The van der Waals surface area contributed by atoms with E-state index in [-0.39, 0.29) is 22.7 Å². The Labute approximate surface area is 204 Å². The fourth-order valence-electron chi connectivity index (χ4n) is 3.73. The zero-order chi connectivity index (χ0) is 25.4. The van der Waals surface area contributed by atoms with Crippen molar-refractivity contribution in [3.8, 4) is 6.07 Å². The maximum atomic E-state index is 13.4. The van der Waals surface area contributed by atoms with Gasteiger partial charge in [0.05, 0.1) is 24.7 Å². The number of ether oxygens (including phenoxy) is 2. The highest BCUT2D eigenvalue weighted by atomic mass is 32.2. The first-order chi connectivity index (χ1) is 16.5. The molecule has 9 nitrogen and oxygen atoms in total. The Morgan fingerprint density at radius 3 is 2.57 bits per heavy atom. The highest BCUT2D eigenvalue weighted by Gasteiger charge is 2.26. The third-order valence-electron chi connectivity index (χ3n) is 5.39. The van der Waals surface area contributed by atoms with Gasteiger partial charge in [-0.25, -0.2) is 22.2 Å². The molecule has 1 aliphatic rings. The summed E-state index contributed by atoms with van der Waals surface area (Å²) in [6.07, 6.45) is 4.03. The first kappa shape index (κ1) is 24.4. The van der Waals surface area contributed by atoms with E-state index < -0.39 is 21.7 Å². The molecule has 0 saturated carbocycles. The topological polar surface area (TPSA) is 115 Å². The van der Waals surface area contributed by atoms with Crippen molar-refractivity contribution in [1.82, 2.24) is 13.9 Å². The quantitative estimate of drug-likeness (QED) is 0.539. The maximum Gasteiger partial charge on any atom is 0.414 e. The van der Waals surface area contributed by atoms with E-state index in [1.807, 2.05) is 13.0 Å². The molecule has 10 heteroatoms. The summed E-state index contributed by atoms with van der Waals surface area (Å²) in [4.78, 5) is 18.5. The van der Waals surface area contributed by atoms with Crippen LogP contribution in [0.2, 0.25) is 0 Å². The van der Waals surface area contributed by atoms with Crippen LogP contribution in [0.4, 0.5) is 4.79 Å². The smallest absolute Gasteiger partial charge is 0.414 e. The molecular weight excluding hydrogens is 468 g/mol. The number of amides is 1. The first-order valence-electron chi connectivity index (χ1n) is 11.0. The second kappa shape index (κ2) is 9.17. The Morgan fingerprint density at radius 1 is 1.20 bits per heavy atom. The molecule has 0 bridgehead atoms. The van der Waals surface area contributed by atoms with Crippen molar-refractivity contribution in [2.24, 2.45) is 0 Å². The zero-order valence-electron chi connectivity index (χ0n) is 20.0. The number of carbonyl (C=O) groups excluding carboxylic acids is 1. The van der Waals surface area contributed by atoms with Crippen LogP contribution in [0.5, 0.6) is 0 Å². The Kier molecular flexibility index (Phi) is 6.40. The lowest BCUT2D eigenvalue weighted by atomic mass is 10.0. The lowest BCUT2D eigenvalue weighted by molar-refractivity contribution is 0.0304. The van der Waals surface area contributed by atoms with Crippen LogP contribution in [-0.4, -0.2) is 53.7 Å². The fraction of sp³-hybridized carbons (Fsp3) is 0.320. The van der Waals surface area contributed by atoms with Crippen molar-refractivity contribution in [3.63, 3.8) is 0 Å². The molecule has 2 aromatic heterocycles. The monoisotopic (exact) mass is 494 g/mol. The lowest BCUT2D eigenvalue weighted by Crippen LogP contribution is -2.34. The molecule has 0 fully saturated rings. The van der Waals surface area contributed by atoms with Gasteiger partial charge in [0.1, 0.15) is 17.2 Å². The molecule has 3 aromatic rings. The lowest BCUT2D eigenvalue weighted by Gasteiger charge is -2.24. The van der Waals surface area contributed by atoms with Crippen LogP contribution < -0.4 is 0 Å². The van der Waals surface area contributed by atoms with Gasteiger partial charge in [0.25, 0.3) is 10.0 Å². The van der Waals surface area contributed by atoms with Crippen LogP contribution in [0, 0.1) is 18.3 Å². The molecule has 0 spiro atoms. The largest absolute Gasteiger partial charge is 0.443 e. The summed E-state index contributed by atoms with van der Waals surface area (Å²) in [6, 6.07) is 10.1. The summed E-state index contributed by atoms with van der Waals surface area (Å²) >= 11 is 0. The van der Waals surface area contributed by atoms with Gasteiger partial charge in [-0.2, -0.15) is 5.26 Å². The third kappa shape index (κ3) is 4.92. The summed E-state index contributed by atoms with van der Waals surface area (Å²) in [7, 11) is -3.98. The fourth-order valence-corrected chi connectivity index (χ4v) is 5.09. The molecule has 1 aromatic carbocycles. The number of aryl methyl sites for hydroxylation is 1. The summed E-state index contributed by atoms with van der Waals surface area (Å²) in [5.74, 6) is 0. The van der Waals surface area contributed by atoms with Gasteiger partial charge in [0.15, 0.2) is 5.69 Å². The van der Waals surface area contributed by atoms with Crippen LogP contribution in [-0.2, 0) is 19.5 Å². The van der Waals surface area contributed by atoms with Gasteiger partial charge in [-0.3, -0.25) is 4.90 Å². The molecule has 1 aliphatic heterocycles. The standard InChI is InChI=1S/C25H26N4O5S/c1-17-5-7-19(8-6-17)35(31,32)29-10-9-20-21(14-27-22(13-26)23(20)29)18-15-28(11-12-33-16-18)24(30)34-25(2,3)4/h5-10,14-15H,11-12,16H2,1-4H3. The summed E-state index contributed by atoms with van der Waals surface area (Å²) in [6.45, 7) is 8.01. The van der Waals surface area contributed by atoms with Crippen molar-refractivity contribution < 1.29 is 22.7 Å². The van der Waals surface area contributed by atoms with Crippen LogP contribution >= 0.6 is 0 Å². The van der Waals surface area contributed by atoms with Gasteiger partial charge < -0.3 is 9.47 Å². The van der Waals surface area contributed by atoms with E-state index in [2.05, 4.69) is 4.98 Å². The average Bonchev–Trinajstić information content (AvgIpc) is 3.10. The normalized spacial score (nSPS) is 14.8. The predicted octanol–water partition coefficient (Wildman–Crippen LogP) is 4.06. The van der Waals surface area contributed by atoms with Crippen LogP contribution in [0.15, 0.2) is 53.8 Å². The molecule has 0 unspecified atom stereocenters. The van der Waals surface area contributed by atoms with E-state index >= 15 is 0 Å².